The van der Waals surface area contributed by atoms with Crippen molar-refractivity contribution >= 4 is 21.6 Å². The zero-order chi connectivity index (χ0) is 24.8. The molecule has 178 valence electrons. The molecular formula is C29H28N2O3S. The number of carbonyl (C=O) groups is 1. The zero-order valence-corrected chi connectivity index (χ0v) is 20.6. The molecule has 0 spiro atoms. The standard InChI is InChI=1S/C29H28N2O3S/c1-22-13-17-25(18-14-22)28(24-9-5-3-6-10-24)30-29(32)26-19-15-23(16-20-26)21-31(35(2,33)34)27-11-7-4-8-12-27/h3-20,28H,21H2,1-2H3,(H,30,32)/t28-/m1/s1. The van der Waals surface area contributed by atoms with E-state index >= 15 is 0 Å². The highest BCUT2D eigenvalue weighted by Gasteiger charge is 2.20. The van der Waals surface area contributed by atoms with Crippen molar-refractivity contribution < 1.29 is 13.2 Å². The summed E-state index contributed by atoms with van der Waals surface area (Å²) in [6.07, 6.45) is 1.19. The second-order valence-electron chi connectivity index (χ2n) is 8.53. The van der Waals surface area contributed by atoms with E-state index in [9.17, 15) is 13.2 Å². The number of hydrogen-bond acceptors (Lipinski definition) is 3. The first kappa shape index (κ1) is 24.2. The monoisotopic (exact) mass is 484 g/mol. The van der Waals surface area contributed by atoms with E-state index in [1.165, 1.54) is 10.6 Å². The van der Waals surface area contributed by atoms with Crippen molar-refractivity contribution in [3.05, 3.63) is 137 Å². The highest BCUT2D eigenvalue weighted by molar-refractivity contribution is 7.92. The van der Waals surface area contributed by atoms with Gasteiger partial charge in [-0.1, -0.05) is 90.5 Å². The Bertz CT molecular complexity index is 1370. The first-order valence-corrected chi connectivity index (χ1v) is 13.2. The molecule has 35 heavy (non-hydrogen) atoms. The summed E-state index contributed by atoms with van der Waals surface area (Å²) >= 11 is 0. The first-order chi connectivity index (χ1) is 16.8. The van der Waals surface area contributed by atoms with Gasteiger partial charge >= 0.3 is 0 Å². The van der Waals surface area contributed by atoms with E-state index in [2.05, 4.69) is 5.32 Å². The molecule has 1 N–H and O–H groups in total. The Hall–Kier alpha value is -3.90. The van der Waals surface area contributed by atoms with Crippen molar-refractivity contribution in [3.63, 3.8) is 0 Å². The highest BCUT2D eigenvalue weighted by atomic mass is 32.2. The number of anilines is 1. The third-order valence-electron chi connectivity index (χ3n) is 5.81. The van der Waals surface area contributed by atoms with Gasteiger partial charge in [0.25, 0.3) is 5.91 Å². The maximum atomic E-state index is 13.2. The van der Waals surface area contributed by atoms with Gasteiger partial charge in [0, 0.05) is 5.56 Å². The van der Waals surface area contributed by atoms with Crippen molar-refractivity contribution in [2.24, 2.45) is 0 Å². The number of benzene rings is 4. The number of carbonyl (C=O) groups excluding carboxylic acids is 1. The lowest BCUT2D eigenvalue weighted by atomic mass is 9.97. The van der Waals surface area contributed by atoms with E-state index in [1.807, 2.05) is 67.6 Å². The number of sulfonamides is 1. The molecule has 5 nitrogen and oxygen atoms in total. The Labute approximate surface area is 207 Å². The van der Waals surface area contributed by atoms with Crippen LogP contribution >= 0.6 is 0 Å². The van der Waals surface area contributed by atoms with Gasteiger partial charge < -0.3 is 5.32 Å². The number of rotatable bonds is 8. The smallest absolute Gasteiger partial charge is 0.252 e. The zero-order valence-electron chi connectivity index (χ0n) is 19.8. The minimum Gasteiger partial charge on any atom is -0.341 e. The van der Waals surface area contributed by atoms with E-state index in [0.29, 0.717) is 11.3 Å². The minimum atomic E-state index is -3.47. The third kappa shape index (κ3) is 6.16. The number of hydrogen-bond donors (Lipinski definition) is 1. The molecule has 0 unspecified atom stereocenters. The maximum absolute atomic E-state index is 13.2. The van der Waals surface area contributed by atoms with Gasteiger partial charge in [0.05, 0.1) is 24.5 Å². The Morgan fingerprint density at radius 2 is 1.31 bits per heavy atom. The van der Waals surface area contributed by atoms with Gasteiger partial charge in [0.2, 0.25) is 10.0 Å². The number of amides is 1. The van der Waals surface area contributed by atoms with Gasteiger partial charge in [-0.15, -0.1) is 0 Å². The molecule has 0 saturated carbocycles. The Balaban J connectivity index is 1.54. The molecule has 1 atom stereocenters. The largest absolute Gasteiger partial charge is 0.341 e. The van der Waals surface area contributed by atoms with Crippen LogP contribution in [0.4, 0.5) is 5.69 Å². The molecule has 0 aliphatic rings. The molecule has 4 aromatic carbocycles. The lowest BCUT2D eigenvalue weighted by Gasteiger charge is -2.23. The summed E-state index contributed by atoms with van der Waals surface area (Å²) in [6, 6.07) is 33.7. The van der Waals surface area contributed by atoms with Crippen LogP contribution in [0.5, 0.6) is 0 Å². The van der Waals surface area contributed by atoms with Crippen LogP contribution in [0, 0.1) is 6.92 Å². The van der Waals surface area contributed by atoms with Crippen molar-refractivity contribution in [3.8, 4) is 0 Å². The van der Waals surface area contributed by atoms with Gasteiger partial charge in [-0.05, 0) is 47.9 Å². The average molecular weight is 485 g/mol. The summed E-state index contributed by atoms with van der Waals surface area (Å²) < 4.78 is 26.1. The molecule has 0 fully saturated rings. The predicted octanol–water partition coefficient (Wildman–Crippen LogP) is 5.48. The molecule has 6 heteroatoms. The van der Waals surface area contributed by atoms with Gasteiger partial charge in [-0.25, -0.2) is 8.42 Å². The van der Waals surface area contributed by atoms with Crippen molar-refractivity contribution in [2.45, 2.75) is 19.5 Å². The van der Waals surface area contributed by atoms with Crippen LogP contribution in [-0.2, 0) is 16.6 Å². The Morgan fingerprint density at radius 3 is 1.89 bits per heavy atom. The molecule has 0 aromatic heterocycles. The summed E-state index contributed by atoms with van der Waals surface area (Å²) in [6.45, 7) is 2.21. The lowest BCUT2D eigenvalue weighted by molar-refractivity contribution is 0.0943. The lowest BCUT2D eigenvalue weighted by Crippen LogP contribution is -2.30. The molecule has 0 radical (unpaired) electrons. The molecule has 0 aliphatic carbocycles. The van der Waals surface area contributed by atoms with E-state index in [-0.39, 0.29) is 18.5 Å². The second-order valence-corrected chi connectivity index (χ2v) is 10.4. The molecule has 0 saturated heterocycles. The fourth-order valence-electron chi connectivity index (χ4n) is 3.90. The fraction of sp³-hybridized carbons (Fsp3) is 0.138. The van der Waals surface area contributed by atoms with Crippen LogP contribution in [0.1, 0.15) is 38.7 Å². The van der Waals surface area contributed by atoms with Crippen LogP contribution in [0.25, 0.3) is 0 Å². The fourth-order valence-corrected chi connectivity index (χ4v) is 4.79. The predicted molar refractivity (Wildman–Crippen MR) is 141 cm³/mol. The molecular weight excluding hydrogens is 456 g/mol. The molecule has 0 bridgehead atoms. The molecule has 4 aromatic rings. The summed E-state index contributed by atoms with van der Waals surface area (Å²) in [4.78, 5) is 13.2. The van der Waals surface area contributed by atoms with Crippen LogP contribution < -0.4 is 9.62 Å². The van der Waals surface area contributed by atoms with E-state index < -0.39 is 10.0 Å². The Kier molecular flexibility index (Phi) is 7.32. The maximum Gasteiger partial charge on any atom is 0.252 e. The van der Waals surface area contributed by atoms with Crippen molar-refractivity contribution in [1.82, 2.24) is 5.32 Å². The SMILES string of the molecule is Cc1ccc([C@H](NC(=O)c2ccc(CN(c3ccccc3)S(C)(=O)=O)cc2)c2ccccc2)cc1. The summed E-state index contributed by atoms with van der Waals surface area (Å²) in [5.74, 6) is -0.200. The molecule has 0 heterocycles. The van der Waals surface area contributed by atoms with Crippen molar-refractivity contribution in [2.75, 3.05) is 10.6 Å². The van der Waals surface area contributed by atoms with Crippen molar-refractivity contribution in [1.29, 1.82) is 0 Å². The summed E-state index contributed by atoms with van der Waals surface area (Å²) in [5.41, 5.74) is 5.04. The van der Waals surface area contributed by atoms with Crippen LogP contribution in [-0.4, -0.2) is 20.6 Å². The molecule has 0 aliphatic heterocycles. The van der Waals surface area contributed by atoms with E-state index in [4.69, 9.17) is 0 Å². The number of aryl methyl sites for hydroxylation is 1. The number of nitrogens with zero attached hydrogens (tertiary/aromatic N) is 1. The highest BCUT2D eigenvalue weighted by Crippen LogP contribution is 2.24. The van der Waals surface area contributed by atoms with Gasteiger partial charge in [0.15, 0.2) is 0 Å². The van der Waals surface area contributed by atoms with Gasteiger partial charge in [-0.2, -0.15) is 0 Å². The molecule has 1 amide bonds. The molecule has 4 rings (SSSR count). The third-order valence-corrected chi connectivity index (χ3v) is 6.95. The first-order valence-electron chi connectivity index (χ1n) is 11.4. The van der Waals surface area contributed by atoms with Gasteiger partial charge in [0.1, 0.15) is 0 Å². The second kappa shape index (κ2) is 10.6. The van der Waals surface area contributed by atoms with Crippen LogP contribution in [0.15, 0.2) is 109 Å². The van der Waals surface area contributed by atoms with Gasteiger partial charge in [-0.3, -0.25) is 9.10 Å². The van der Waals surface area contributed by atoms with Crippen LogP contribution in [0.3, 0.4) is 0 Å². The summed E-state index contributed by atoms with van der Waals surface area (Å²) in [7, 11) is -3.47. The normalized spacial score (nSPS) is 12.1. The van der Waals surface area contributed by atoms with E-state index in [0.717, 1.165) is 22.3 Å². The topological polar surface area (TPSA) is 66.5 Å². The van der Waals surface area contributed by atoms with E-state index in [1.54, 1.807) is 48.5 Å². The average Bonchev–Trinajstić information content (AvgIpc) is 2.87. The quantitative estimate of drug-likeness (QED) is 0.360. The Morgan fingerprint density at radius 1 is 0.771 bits per heavy atom. The number of nitrogens with one attached hydrogen (secondary N) is 1. The summed E-state index contributed by atoms with van der Waals surface area (Å²) in [5, 5.41) is 3.15. The minimum absolute atomic E-state index is 0.181. The number of para-hydroxylation sites is 1. The van der Waals surface area contributed by atoms with Crippen LogP contribution in [0.2, 0.25) is 0 Å².